The number of morpholine rings is 1. The molecule has 6 heteroatoms. The molecular weight excluding hydrogens is 340 g/mol. The lowest BCUT2D eigenvalue weighted by molar-refractivity contribution is -0.148. The summed E-state index contributed by atoms with van der Waals surface area (Å²) in [5, 5.41) is 6.33. The lowest BCUT2D eigenvalue weighted by Gasteiger charge is -2.32. The van der Waals surface area contributed by atoms with Crippen LogP contribution in [0.2, 0.25) is 5.02 Å². The summed E-state index contributed by atoms with van der Waals surface area (Å²) in [6.07, 6.45) is -0.789. The zero-order valence-electron chi connectivity index (χ0n) is 15.1. The first-order chi connectivity index (χ1) is 11.7. The Hall–Kier alpha value is -1.59. The molecule has 1 saturated heterocycles. The summed E-state index contributed by atoms with van der Waals surface area (Å²) in [4.78, 5) is 24.5. The van der Waals surface area contributed by atoms with Gasteiger partial charge in [0.15, 0.2) is 6.10 Å². The number of carbonyl (C=O) groups is 2. The third-order valence-corrected chi connectivity index (χ3v) is 6.66. The molecule has 3 rings (SSSR count). The van der Waals surface area contributed by atoms with Crippen molar-refractivity contribution in [1.82, 2.24) is 10.6 Å². The number of hydrogen-bond acceptors (Lipinski definition) is 3. The summed E-state index contributed by atoms with van der Waals surface area (Å²) < 4.78 is 5.55. The highest BCUT2D eigenvalue weighted by Gasteiger charge is 2.64. The van der Waals surface area contributed by atoms with E-state index in [1.807, 2.05) is 12.1 Å². The first-order valence-corrected chi connectivity index (χ1v) is 8.97. The minimum Gasteiger partial charge on any atom is -0.356 e. The molecule has 2 N–H and O–H groups in total. The normalized spacial score (nSPS) is 27.5. The predicted octanol–water partition coefficient (Wildman–Crippen LogP) is 2.69. The Labute approximate surface area is 153 Å². The Kier molecular flexibility index (Phi) is 4.58. The molecule has 2 aliphatic rings. The fourth-order valence-corrected chi connectivity index (χ4v) is 4.15. The molecule has 1 aromatic rings. The number of amides is 2. The van der Waals surface area contributed by atoms with Crippen LogP contribution in [-0.4, -0.2) is 31.1 Å². The van der Waals surface area contributed by atoms with Gasteiger partial charge in [0, 0.05) is 11.6 Å². The van der Waals surface area contributed by atoms with Gasteiger partial charge in [-0.05, 0) is 28.4 Å². The van der Waals surface area contributed by atoms with E-state index in [1.54, 1.807) is 12.1 Å². The second-order valence-corrected chi connectivity index (χ2v) is 8.45. The summed E-state index contributed by atoms with van der Waals surface area (Å²) in [7, 11) is 0. The van der Waals surface area contributed by atoms with Crippen molar-refractivity contribution in [3.05, 3.63) is 34.9 Å². The molecule has 1 aliphatic carbocycles. The number of hydrogen-bond donors (Lipinski definition) is 2. The molecule has 2 fully saturated rings. The molecule has 5 nitrogen and oxygen atoms in total. The summed E-state index contributed by atoms with van der Waals surface area (Å²) in [6, 6.07) is 6.59. The zero-order chi connectivity index (χ0) is 18.4. The van der Waals surface area contributed by atoms with E-state index in [2.05, 4.69) is 38.3 Å². The molecule has 2 amide bonds. The molecule has 2 atom stereocenters. The van der Waals surface area contributed by atoms with Gasteiger partial charge in [-0.3, -0.25) is 9.59 Å². The third kappa shape index (κ3) is 3.15. The molecule has 0 aromatic heterocycles. The van der Waals surface area contributed by atoms with E-state index in [4.69, 9.17) is 16.3 Å². The number of ether oxygens (including phenoxy) is 1. The maximum absolute atomic E-state index is 12.7. The minimum absolute atomic E-state index is 0.126. The van der Waals surface area contributed by atoms with Crippen molar-refractivity contribution >= 4 is 23.4 Å². The fraction of sp³-hybridized carbons (Fsp3) is 0.579. The summed E-state index contributed by atoms with van der Waals surface area (Å²) >= 11 is 6.25. The van der Waals surface area contributed by atoms with Gasteiger partial charge in [0.25, 0.3) is 5.91 Å². The van der Waals surface area contributed by atoms with Gasteiger partial charge in [0.05, 0.1) is 6.04 Å². The van der Waals surface area contributed by atoms with E-state index in [1.165, 1.54) is 0 Å². The average molecular weight is 365 g/mol. The molecule has 1 aliphatic heterocycles. The highest BCUT2D eigenvalue weighted by atomic mass is 35.5. The van der Waals surface area contributed by atoms with Crippen LogP contribution >= 0.6 is 11.6 Å². The highest BCUT2D eigenvalue weighted by molar-refractivity contribution is 6.31. The Morgan fingerprint density at radius 1 is 1.28 bits per heavy atom. The first kappa shape index (κ1) is 18.2. The quantitative estimate of drug-likeness (QED) is 0.863. The van der Waals surface area contributed by atoms with E-state index in [-0.39, 0.29) is 29.3 Å². The standard InChI is InChI=1S/C19H25ClN2O3/c1-18(2)13(19(18,3)4)9-21-17(24)16-15(22-14(23)10-25-16)11-7-5-6-8-12(11)20/h5-8,13,15-16H,9-10H2,1-4H3,(H,21,24)(H,22,23)/t15-,16+/m1/s1. The smallest absolute Gasteiger partial charge is 0.251 e. The van der Waals surface area contributed by atoms with Gasteiger partial charge in [-0.25, -0.2) is 0 Å². The molecule has 1 saturated carbocycles. The highest BCUT2D eigenvalue weighted by Crippen LogP contribution is 2.67. The Balaban J connectivity index is 1.72. The van der Waals surface area contributed by atoms with Crippen molar-refractivity contribution < 1.29 is 14.3 Å². The van der Waals surface area contributed by atoms with Crippen LogP contribution in [0.25, 0.3) is 0 Å². The number of benzene rings is 1. The van der Waals surface area contributed by atoms with Crippen LogP contribution in [0.5, 0.6) is 0 Å². The van der Waals surface area contributed by atoms with Gasteiger partial charge >= 0.3 is 0 Å². The van der Waals surface area contributed by atoms with Gasteiger partial charge < -0.3 is 15.4 Å². The molecule has 0 unspecified atom stereocenters. The van der Waals surface area contributed by atoms with Crippen LogP contribution in [0.15, 0.2) is 24.3 Å². The van der Waals surface area contributed by atoms with E-state index < -0.39 is 12.1 Å². The minimum atomic E-state index is -0.789. The maximum atomic E-state index is 12.7. The summed E-state index contributed by atoms with van der Waals surface area (Å²) in [6.45, 7) is 9.34. The van der Waals surface area contributed by atoms with Crippen molar-refractivity contribution in [2.45, 2.75) is 39.8 Å². The number of nitrogens with one attached hydrogen (secondary N) is 2. The van der Waals surface area contributed by atoms with Crippen LogP contribution < -0.4 is 10.6 Å². The number of halogens is 1. The number of carbonyl (C=O) groups excluding carboxylic acids is 2. The predicted molar refractivity (Wildman–Crippen MR) is 96.1 cm³/mol. The van der Waals surface area contributed by atoms with Gasteiger partial charge in [-0.2, -0.15) is 0 Å². The monoisotopic (exact) mass is 364 g/mol. The Bertz CT molecular complexity index is 688. The number of rotatable bonds is 4. The van der Waals surface area contributed by atoms with Gasteiger partial charge in [-0.15, -0.1) is 0 Å². The molecule has 0 radical (unpaired) electrons. The van der Waals surface area contributed by atoms with Crippen molar-refractivity contribution in [3.8, 4) is 0 Å². The molecule has 1 heterocycles. The lowest BCUT2D eigenvalue weighted by Crippen LogP contribution is -2.52. The average Bonchev–Trinajstić information content (AvgIpc) is 2.94. The second kappa shape index (κ2) is 6.29. The van der Waals surface area contributed by atoms with Crippen LogP contribution in [0, 0.1) is 16.7 Å². The van der Waals surface area contributed by atoms with Crippen molar-refractivity contribution in [2.24, 2.45) is 16.7 Å². The second-order valence-electron chi connectivity index (χ2n) is 8.04. The van der Waals surface area contributed by atoms with Gasteiger partial charge in [-0.1, -0.05) is 57.5 Å². The van der Waals surface area contributed by atoms with E-state index in [0.29, 0.717) is 23.0 Å². The molecule has 0 bridgehead atoms. The van der Waals surface area contributed by atoms with Crippen LogP contribution in [-0.2, 0) is 14.3 Å². The van der Waals surface area contributed by atoms with Crippen molar-refractivity contribution in [3.63, 3.8) is 0 Å². The third-order valence-electron chi connectivity index (χ3n) is 6.31. The SMILES string of the molecule is CC1(C)C(CNC(=O)[C@H]2OCC(=O)N[C@@H]2c2ccccc2Cl)C1(C)C. The topological polar surface area (TPSA) is 67.4 Å². The van der Waals surface area contributed by atoms with E-state index >= 15 is 0 Å². The molecule has 1 aromatic carbocycles. The zero-order valence-corrected chi connectivity index (χ0v) is 15.8. The fourth-order valence-electron chi connectivity index (χ4n) is 3.89. The van der Waals surface area contributed by atoms with Crippen LogP contribution in [0.3, 0.4) is 0 Å². The van der Waals surface area contributed by atoms with Crippen molar-refractivity contribution in [1.29, 1.82) is 0 Å². The summed E-state index contributed by atoms with van der Waals surface area (Å²) in [5.41, 5.74) is 1.08. The molecular formula is C19H25ClN2O3. The largest absolute Gasteiger partial charge is 0.356 e. The Morgan fingerprint density at radius 2 is 1.92 bits per heavy atom. The summed E-state index contributed by atoms with van der Waals surface area (Å²) in [5.74, 6) is -0.0530. The molecule has 0 spiro atoms. The van der Waals surface area contributed by atoms with Crippen LogP contribution in [0.4, 0.5) is 0 Å². The molecule has 25 heavy (non-hydrogen) atoms. The first-order valence-electron chi connectivity index (χ1n) is 8.59. The molecule has 136 valence electrons. The maximum Gasteiger partial charge on any atom is 0.251 e. The van der Waals surface area contributed by atoms with Gasteiger partial charge in [0.1, 0.15) is 6.61 Å². The van der Waals surface area contributed by atoms with Crippen molar-refractivity contribution in [2.75, 3.05) is 13.2 Å². The van der Waals surface area contributed by atoms with Gasteiger partial charge in [0.2, 0.25) is 5.91 Å². The van der Waals surface area contributed by atoms with E-state index in [0.717, 1.165) is 0 Å². The van der Waals surface area contributed by atoms with E-state index in [9.17, 15) is 9.59 Å². The Morgan fingerprint density at radius 3 is 2.52 bits per heavy atom. The lowest BCUT2D eigenvalue weighted by atomic mass is 9.99. The van der Waals surface area contributed by atoms with Crippen LogP contribution in [0.1, 0.15) is 39.3 Å².